The predicted octanol–water partition coefficient (Wildman–Crippen LogP) is 6.21. The Balaban J connectivity index is 1.94. The molecule has 4 rings (SSSR count). The average Bonchev–Trinajstić information content (AvgIpc) is 3.13. The second-order valence-corrected chi connectivity index (χ2v) is 8.85. The molecule has 0 saturated heterocycles. The minimum atomic E-state index is -4.72. The molecule has 1 atom stereocenters. The van der Waals surface area contributed by atoms with Crippen LogP contribution in [0.2, 0.25) is 5.02 Å². The van der Waals surface area contributed by atoms with E-state index in [0.717, 1.165) is 29.1 Å². The van der Waals surface area contributed by atoms with E-state index in [1.807, 2.05) is 43.3 Å². The molecule has 1 unspecified atom stereocenters. The van der Waals surface area contributed by atoms with Gasteiger partial charge >= 0.3 is 6.18 Å². The number of pyridine rings is 1. The molecule has 9 heteroatoms. The van der Waals surface area contributed by atoms with Crippen molar-refractivity contribution in [2.75, 3.05) is 0 Å². The Morgan fingerprint density at radius 2 is 1.69 bits per heavy atom. The van der Waals surface area contributed by atoms with Crippen LogP contribution in [0.15, 0.2) is 72.9 Å². The third-order valence-electron chi connectivity index (χ3n) is 5.86. The summed E-state index contributed by atoms with van der Waals surface area (Å²) in [6.45, 7) is 2.09. The van der Waals surface area contributed by atoms with Gasteiger partial charge in [-0.1, -0.05) is 41.9 Å². The van der Waals surface area contributed by atoms with Crippen LogP contribution in [0.4, 0.5) is 17.6 Å². The number of hydrogen-bond donors (Lipinski definition) is 1. The van der Waals surface area contributed by atoms with Crippen molar-refractivity contribution in [3.63, 3.8) is 0 Å². The molecule has 2 heterocycles. The Morgan fingerprint density at radius 3 is 2.29 bits per heavy atom. The van der Waals surface area contributed by atoms with Gasteiger partial charge in [0, 0.05) is 26.2 Å². The summed E-state index contributed by atoms with van der Waals surface area (Å²) in [7, 11) is 1.79. The molecule has 0 aliphatic heterocycles. The van der Waals surface area contributed by atoms with Gasteiger partial charge in [0.25, 0.3) is 0 Å². The van der Waals surface area contributed by atoms with E-state index in [4.69, 9.17) is 11.6 Å². The van der Waals surface area contributed by atoms with Gasteiger partial charge in [-0.2, -0.15) is 18.3 Å². The van der Waals surface area contributed by atoms with Crippen LogP contribution in [0.5, 0.6) is 0 Å². The zero-order valence-corrected chi connectivity index (χ0v) is 19.8. The molecular formula is C26H23ClF4N4. The van der Waals surface area contributed by atoms with Gasteiger partial charge in [-0.15, -0.1) is 0 Å². The summed E-state index contributed by atoms with van der Waals surface area (Å²) >= 11 is 6.07. The number of hydrogen-bond acceptors (Lipinski definition) is 3. The number of nitrogens with one attached hydrogen (secondary N) is 1. The van der Waals surface area contributed by atoms with Crippen LogP contribution >= 0.6 is 11.6 Å². The molecule has 2 aromatic carbocycles. The Bertz CT molecular complexity index is 1300. The van der Waals surface area contributed by atoms with Crippen LogP contribution in [0.25, 0.3) is 0 Å². The Morgan fingerprint density at radius 1 is 0.971 bits per heavy atom. The summed E-state index contributed by atoms with van der Waals surface area (Å²) in [6.07, 6.45) is -3.08. The third-order valence-corrected chi connectivity index (χ3v) is 6.09. The van der Waals surface area contributed by atoms with Crippen LogP contribution in [0.3, 0.4) is 0 Å². The zero-order chi connectivity index (χ0) is 25.2. The first kappa shape index (κ1) is 24.9. The summed E-state index contributed by atoms with van der Waals surface area (Å²) in [5.41, 5.74) is 0.555. The molecule has 0 aliphatic carbocycles. The van der Waals surface area contributed by atoms with Gasteiger partial charge in [-0.3, -0.25) is 15.0 Å². The molecule has 2 aromatic heterocycles. The minimum absolute atomic E-state index is 0.0994. The number of nitrogens with zero attached hydrogens (tertiary/aromatic N) is 3. The van der Waals surface area contributed by atoms with Crippen LogP contribution in [0.1, 0.15) is 33.8 Å². The average molecular weight is 503 g/mol. The SMILES string of the molecule is Cc1cc(CNC(Cc2ccccc2)(c2cc(F)cc(C(F)(F)F)c2)c2ccc(Cl)cn2)n(C)n1. The molecule has 4 aromatic rings. The zero-order valence-electron chi connectivity index (χ0n) is 19.1. The molecular weight excluding hydrogens is 480 g/mol. The van der Waals surface area contributed by atoms with Gasteiger partial charge in [0.05, 0.1) is 33.2 Å². The Hall–Kier alpha value is -3.23. The van der Waals surface area contributed by atoms with Gasteiger partial charge in [-0.25, -0.2) is 4.39 Å². The van der Waals surface area contributed by atoms with Gasteiger partial charge in [0.2, 0.25) is 0 Å². The number of rotatable bonds is 7. The number of aryl methyl sites for hydroxylation is 2. The number of halogens is 5. The van der Waals surface area contributed by atoms with Gasteiger partial charge in [-0.05, 0) is 54.4 Å². The van der Waals surface area contributed by atoms with Crippen LogP contribution in [0, 0.1) is 12.7 Å². The monoisotopic (exact) mass is 502 g/mol. The van der Waals surface area contributed by atoms with Crippen molar-refractivity contribution in [1.82, 2.24) is 20.1 Å². The van der Waals surface area contributed by atoms with Gasteiger partial charge in [0.15, 0.2) is 0 Å². The molecule has 0 aliphatic rings. The first-order valence-corrected chi connectivity index (χ1v) is 11.2. The third kappa shape index (κ3) is 5.55. The molecule has 1 N–H and O–H groups in total. The van der Waals surface area contributed by atoms with E-state index in [0.29, 0.717) is 16.8 Å². The van der Waals surface area contributed by atoms with Gasteiger partial charge < -0.3 is 0 Å². The fraction of sp³-hybridized carbons (Fsp3) is 0.231. The van der Waals surface area contributed by atoms with Crippen molar-refractivity contribution in [3.05, 3.63) is 118 Å². The predicted molar refractivity (Wildman–Crippen MR) is 126 cm³/mol. The van der Waals surface area contributed by atoms with Crippen LogP contribution in [-0.4, -0.2) is 14.8 Å². The first-order valence-electron chi connectivity index (χ1n) is 10.9. The summed E-state index contributed by atoms with van der Waals surface area (Å²) in [6, 6.07) is 17.0. The lowest BCUT2D eigenvalue weighted by atomic mass is 9.79. The summed E-state index contributed by atoms with van der Waals surface area (Å²) < 4.78 is 57.4. The largest absolute Gasteiger partial charge is 0.416 e. The second kappa shape index (κ2) is 9.79. The highest BCUT2D eigenvalue weighted by Gasteiger charge is 2.39. The Kier molecular flexibility index (Phi) is 6.96. The van der Waals surface area contributed by atoms with E-state index in [9.17, 15) is 17.6 Å². The lowest BCUT2D eigenvalue weighted by Crippen LogP contribution is -2.46. The number of alkyl halides is 3. The lowest BCUT2D eigenvalue weighted by molar-refractivity contribution is -0.137. The molecule has 0 amide bonds. The van der Waals surface area contributed by atoms with Crippen molar-refractivity contribution in [3.8, 4) is 0 Å². The lowest BCUT2D eigenvalue weighted by Gasteiger charge is -2.36. The quantitative estimate of drug-likeness (QED) is 0.305. The van der Waals surface area contributed by atoms with Crippen LogP contribution in [-0.2, 0) is 31.7 Å². The van der Waals surface area contributed by atoms with Crippen molar-refractivity contribution in [2.45, 2.75) is 31.6 Å². The van der Waals surface area contributed by atoms with Crippen molar-refractivity contribution >= 4 is 11.6 Å². The van der Waals surface area contributed by atoms with E-state index in [1.54, 1.807) is 23.9 Å². The molecule has 0 radical (unpaired) electrons. The normalized spacial score (nSPS) is 13.6. The van der Waals surface area contributed by atoms with E-state index in [2.05, 4.69) is 15.4 Å². The molecule has 4 nitrogen and oxygen atoms in total. The summed E-state index contributed by atoms with van der Waals surface area (Å²) in [5, 5.41) is 8.13. The van der Waals surface area contributed by atoms with Crippen molar-refractivity contribution in [1.29, 1.82) is 0 Å². The first-order chi connectivity index (χ1) is 16.6. The molecule has 0 bridgehead atoms. The molecule has 35 heavy (non-hydrogen) atoms. The highest BCUT2D eigenvalue weighted by atomic mass is 35.5. The number of benzene rings is 2. The smallest absolute Gasteiger partial charge is 0.296 e. The summed E-state index contributed by atoms with van der Waals surface area (Å²) in [5.74, 6) is -0.987. The highest BCUT2D eigenvalue weighted by molar-refractivity contribution is 6.30. The second-order valence-electron chi connectivity index (χ2n) is 8.41. The molecule has 0 saturated carbocycles. The molecule has 0 spiro atoms. The molecule has 0 fully saturated rings. The topological polar surface area (TPSA) is 42.7 Å². The standard InChI is InChI=1S/C26H23ClF4N4/c1-17-10-23(35(2)34-17)16-33-25(14-18-6-4-3-5-7-18,24-9-8-21(27)15-32-24)19-11-20(26(29,30)31)13-22(28)12-19/h3-13,15,33H,14,16H2,1-2H3. The minimum Gasteiger partial charge on any atom is -0.296 e. The van der Waals surface area contributed by atoms with E-state index >= 15 is 0 Å². The highest BCUT2D eigenvalue weighted by Crippen LogP contribution is 2.38. The molecule has 182 valence electrons. The van der Waals surface area contributed by atoms with Crippen molar-refractivity contribution in [2.24, 2.45) is 7.05 Å². The van der Waals surface area contributed by atoms with Gasteiger partial charge in [0.1, 0.15) is 5.82 Å². The fourth-order valence-electron chi connectivity index (χ4n) is 4.20. The van der Waals surface area contributed by atoms with E-state index < -0.39 is 23.1 Å². The maximum absolute atomic E-state index is 14.7. The Labute approximate surface area is 205 Å². The maximum atomic E-state index is 14.7. The maximum Gasteiger partial charge on any atom is 0.416 e. The number of aromatic nitrogens is 3. The van der Waals surface area contributed by atoms with E-state index in [1.165, 1.54) is 6.20 Å². The van der Waals surface area contributed by atoms with Crippen molar-refractivity contribution < 1.29 is 17.6 Å². The fourth-order valence-corrected chi connectivity index (χ4v) is 4.31. The summed E-state index contributed by atoms with van der Waals surface area (Å²) in [4.78, 5) is 4.46. The van der Waals surface area contributed by atoms with Crippen LogP contribution < -0.4 is 5.32 Å². The van der Waals surface area contributed by atoms with E-state index in [-0.39, 0.29) is 18.5 Å².